The number of halogens is 3. The molecule has 35 heavy (non-hydrogen) atoms. The normalized spacial score (nSPS) is 18.9. The quantitative estimate of drug-likeness (QED) is 0.472. The van der Waals surface area contributed by atoms with Gasteiger partial charge in [0, 0.05) is 35.9 Å². The number of likely N-dealkylation sites (tertiary alicyclic amines) is 1. The van der Waals surface area contributed by atoms with Crippen LogP contribution in [0.5, 0.6) is 0 Å². The number of anilines is 1. The Labute approximate surface area is 207 Å². The highest BCUT2D eigenvalue weighted by Crippen LogP contribution is 2.57. The number of carbonyl (C=O) groups is 2. The first-order valence-electron chi connectivity index (χ1n) is 11.5. The molecule has 2 saturated heterocycles. The van der Waals surface area contributed by atoms with E-state index in [1.54, 1.807) is 52.3 Å². The van der Waals surface area contributed by atoms with Gasteiger partial charge in [-0.1, -0.05) is 48.0 Å². The Kier molecular flexibility index (Phi) is 6.19. The molecule has 0 radical (unpaired) electrons. The predicted molar refractivity (Wildman–Crippen MR) is 130 cm³/mol. The van der Waals surface area contributed by atoms with E-state index in [1.165, 1.54) is 18.2 Å². The van der Waals surface area contributed by atoms with Crippen LogP contribution in [0, 0.1) is 17.0 Å². The van der Waals surface area contributed by atoms with Crippen LogP contribution in [0.3, 0.4) is 0 Å². The van der Waals surface area contributed by atoms with E-state index >= 15 is 0 Å². The molecule has 1 spiro atoms. The number of rotatable bonds is 4. The topological polar surface area (TPSA) is 52.7 Å². The highest BCUT2D eigenvalue weighted by Gasteiger charge is 2.62. The third-order valence-corrected chi connectivity index (χ3v) is 7.28. The van der Waals surface area contributed by atoms with Crippen LogP contribution in [0.1, 0.15) is 30.0 Å². The summed E-state index contributed by atoms with van der Waals surface area (Å²) in [7, 11) is 0. The van der Waals surface area contributed by atoms with E-state index < -0.39 is 11.2 Å². The van der Waals surface area contributed by atoms with Crippen molar-refractivity contribution in [1.82, 2.24) is 10.2 Å². The standard InChI is InChI=1S/C27H24ClF2N3O2/c28-20-10-8-18(9-11-20)24-27(25(34)33(24)22-6-3-5-21(29)16-22)12-14-32(15-13-27)26(35)31-17-19-4-1-2-7-23(19)30/h1-11,16,24H,12-15,17H2,(H,31,35). The molecule has 1 N–H and O–H groups in total. The number of urea groups is 1. The molecular formula is C27H24ClF2N3O2. The van der Waals surface area contributed by atoms with Gasteiger partial charge in [0.25, 0.3) is 0 Å². The van der Waals surface area contributed by atoms with Crippen LogP contribution in [0.15, 0.2) is 72.8 Å². The van der Waals surface area contributed by atoms with Crippen LogP contribution < -0.4 is 10.2 Å². The summed E-state index contributed by atoms with van der Waals surface area (Å²) in [6.45, 7) is 0.860. The van der Waals surface area contributed by atoms with Gasteiger partial charge in [0.05, 0.1) is 11.5 Å². The first-order chi connectivity index (χ1) is 16.9. The molecule has 2 heterocycles. The fraction of sp³-hybridized carbons (Fsp3) is 0.259. The second kappa shape index (κ2) is 9.30. The number of β-lactam (4-membered cyclic amide) rings is 1. The molecule has 8 heteroatoms. The molecule has 2 aliphatic rings. The Hall–Kier alpha value is -3.45. The molecule has 0 aliphatic carbocycles. The fourth-order valence-electron chi connectivity index (χ4n) is 5.18. The lowest BCUT2D eigenvalue weighted by atomic mass is 9.62. The maximum Gasteiger partial charge on any atom is 0.317 e. The number of amides is 3. The molecule has 3 aromatic rings. The van der Waals surface area contributed by atoms with Gasteiger partial charge in [-0.15, -0.1) is 0 Å². The summed E-state index contributed by atoms with van der Waals surface area (Å²) in [5.74, 6) is -0.851. The minimum Gasteiger partial charge on any atom is -0.334 e. The summed E-state index contributed by atoms with van der Waals surface area (Å²) in [5.41, 5.74) is 1.14. The minimum absolute atomic E-state index is 0.0746. The summed E-state index contributed by atoms with van der Waals surface area (Å²) in [5, 5.41) is 3.36. The van der Waals surface area contributed by atoms with E-state index in [2.05, 4.69) is 5.32 Å². The molecule has 0 aromatic heterocycles. The summed E-state index contributed by atoms with van der Waals surface area (Å²) >= 11 is 6.09. The third-order valence-electron chi connectivity index (χ3n) is 7.03. The van der Waals surface area contributed by atoms with Gasteiger partial charge in [0.1, 0.15) is 11.6 Å². The fourth-order valence-corrected chi connectivity index (χ4v) is 5.31. The Morgan fingerprint density at radius 3 is 2.40 bits per heavy atom. The van der Waals surface area contributed by atoms with E-state index in [-0.39, 0.29) is 30.3 Å². The number of hydrogen-bond donors (Lipinski definition) is 1. The van der Waals surface area contributed by atoms with Gasteiger partial charge in [-0.2, -0.15) is 0 Å². The second-order valence-corrected chi connectivity index (χ2v) is 9.44. The Bertz CT molecular complexity index is 1260. The molecule has 5 nitrogen and oxygen atoms in total. The van der Waals surface area contributed by atoms with E-state index in [1.807, 2.05) is 12.1 Å². The smallest absolute Gasteiger partial charge is 0.317 e. The van der Waals surface area contributed by atoms with Crippen LogP contribution in [0.25, 0.3) is 0 Å². The van der Waals surface area contributed by atoms with Crippen molar-refractivity contribution in [2.24, 2.45) is 5.41 Å². The van der Waals surface area contributed by atoms with Crippen molar-refractivity contribution >= 4 is 29.2 Å². The summed E-state index contributed by atoms with van der Waals surface area (Å²) in [4.78, 5) is 29.6. The zero-order valence-electron chi connectivity index (χ0n) is 18.9. The van der Waals surface area contributed by atoms with E-state index in [4.69, 9.17) is 11.6 Å². The molecule has 2 aliphatic heterocycles. The highest BCUT2D eigenvalue weighted by molar-refractivity contribution is 6.30. The SMILES string of the molecule is O=C(NCc1ccccc1F)N1CCC2(CC1)C(=O)N(c1cccc(F)c1)C2c1ccc(Cl)cc1. The molecular weight excluding hydrogens is 472 g/mol. The van der Waals surface area contributed by atoms with E-state index in [9.17, 15) is 18.4 Å². The molecule has 0 bridgehead atoms. The van der Waals surface area contributed by atoms with Crippen molar-refractivity contribution in [3.8, 4) is 0 Å². The predicted octanol–water partition coefficient (Wildman–Crippen LogP) is 5.70. The molecule has 5 rings (SSSR count). The summed E-state index contributed by atoms with van der Waals surface area (Å²) < 4.78 is 27.8. The van der Waals surface area contributed by atoms with Gasteiger partial charge in [-0.25, -0.2) is 13.6 Å². The third kappa shape index (κ3) is 4.25. The molecule has 3 amide bonds. The van der Waals surface area contributed by atoms with Crippen molar-refractivity contribution in [1.29, 1.82) is 0 Å². The zero-order chi connectivity index (χ0) is 24.6. The lowest BCUT2D eigenvalue weighted by molar-refractivity contribution is -0.144. The number of nitrogens with zero attached hydrogens (tertiary/aromatic N) is 2. The zero-order valence-corrected chi connectivity index (χ0v) is 19.6. The molecule has 1 unspecified atom stereocenters. The van der Waals surface area contributed by atoms with Gasteiger partial charge in [-0.3, -0.25) is 4.79 Å². The van der Waals surface area contributed by atoms with Gasteiger partial charge in [0.2, 0.25) is 5.91 Å². The second-order valence-electron chi connectivity index (χ2n) is 9.00. The number of hydrogen-bond acceptors (Lipinski definition) is 2. The van der Waals surface area contributed by atoms with Crippen LogP contribution >= 0.6 is 11.6 Å². The van der Waals surface area contributed by atoms with Crippen LogP contribution in [0.4, 0.5) is 19.3 Å². The molecule has 2 fully saturated rings. The van der Waals surface area contributed by atoms with Crippen LogP contribution in [0.2, 0.25) is 5.02 Å². The number of benzene rings is 3. The van der Waals surface area contributed by atoms with E-state index in [0.717, 1.165) is 5.56 Å². The molecule has 180 valence electrons. The first kappa shape index (κ1) is 23.3. The van der Waals surface area contributed by atoms with Gasteiger partial charge in [0.15, 0.2) is 0 Å². The maximum absolute atomic E-state index is 14.0. The number of carbonyl (C=O) groups excluding carboxylic acids is 2. The number of piperidine rings is 1. The molecule has 3 aromatic carbocycles. The van der Waals surface area contributed by atoms with Gasteiger partial charge < -0.3 is 15.1 Å². The van der Waals surface area contributed by atoms with E-state index in [0.29, 0.717) is 42.2 Å². The lowest BCUT2D eigenvalue weighted by Crippen LogP contribution is -2.67. The van der Waals surface area contributed by atoms with Crippen molar-refractivity contribution in [3.05, 3.63) is 101 Å². The molecule has 1 atom stereocenters. The van der Waals surface area contributed by atoms with Crippen molar-refractivity contribution < 1.29 is 18.4 Å². The monoisotopic (exact) mass is 495 g/mol. The lowest BCUT2D eigenvalue weighted by Gasteiger charge is -2.59. The first-order valence-corrected chi connectivity index (χ1v) is 11.9. The Balaban J connectivity index is 1.33. The van der Waals surface area contributed by atoms with Crippen LogP contribution in [-0.4, -0.2) is 29.9 Å². The summed E-state index contributed by atoms with van der Waals surface area (Å²) in [6.07, 6.45) is 0.941. The largest absolute Gasteiger partial charge is 0.334 e. The van der Waals surface area contributed by atoms with Crippen LogP contribution in [-0.2, 0) is 11.3 Å². The van der Waals surface area contributed by atoms with Crippen molar-refractivity contribution in [2.45, 2.75) is 25.4 Å². The average molecular weight is 496 g/mol. The van der Waals surface area contributed by atoms with Gasteiger partial charge >= 0.3 is 6.03 Å². The average Bonchev–Trinajstić information content (AvgIpc) is 2.87. The van der Waals surface area contributed by atoms with Crippen molar-refractivity contribution in [3.63, 3.8) is 0 Å². The summed E-state index contributed by atoms with van der Waals surface area (Å²) in [6, 6.07) is 19.1. The Morgan fingerprint density at radius 2 is 1.71 bits per heavy atom. The number of nitrogens with one attached hydrogen (secondary N) is 1. The minimum atomic E-state index is -0.692. The Morgan fingerprint density at radius 1 is 1.00 bits per heavy atom. The highest BCUT2D eigenvalue weighted by atomic mass is 35.5. The molecule has 0 saturated carbocycles. The van der Waals surface area contributed by atoms with Gasteiger partial charge in [-0.05, 0) is 54.8 Å². The van der Waals surface area contributed by atoms with Crippen molar-refractivity contribution in [2.75, 3.05) is 18.0 Å². The maximum atomic E-state index is 14.0.